The summed E-state index contributed by atoms with van der Waals surface area (Å²) in [6.07, 6.45) is 0.972. The van der Waals surface area contributed by atoms with Crippen LogP contribution in [0.1, 0.15) is 33.3 Å². The number of nitrogens with zero attached hydrogens (tertiary/aromatic N) is 2. The molecule has 1 atom stereocenters. The third kappa shape index (κ3) is 7.77. The van der Waals surface area contributed by atoms with Gasteiger partial charge < -0.3 is 10.2 Å². The average Bonchev–Trinajstić information content (AvgIpc) is 2.69. The van der Waals surface area contributed by atoms with Crippen molar-refractivity contribution in [1.82, 2.24) is 10.2 Å². The molecule has 2 amide bonds. The monoisotopic (exact) mass is 547 g/mol. The zero-order valence-electron chi connectivity index (χ0n) is 19.6. The van der Waals surface area contributed by atoms with E-state index in [0.717, 1.165) is 10.6 Å². The number of carbonyl (C=O) groups is 2. The fourth-order valence-corrected chi connectivity index (χ4v) is 4.76. The van der Waals surface area contributed by atoms with Crippen molar-refractivity contribution in [3.63, 3.8) is 0 Å². The standard InChI is InChI=1S/C23H28Cl3N3O4S/c1-15(22(31)27-23(2,3)4)28(13-16-8-6-7-9-18(16)25)21(30)14-29(34(5,32)33)20-11-10-17(24)12-19(20)26/h6-12,15H,13-14H2,1-5H3,(H,27,31)/t15-/m0/s1. The zero-order chi connectivity index (χ0) is 25.8. The van der Waals surface area contributed by atoms with Crippen LogP contribution in [0.2, 0.25) is 15.1 Å². The quantitative estimate of drug-likeness (QED) is 0.516. The number of anilines is 1. The van der Waals surface area contributed by atoms with Gasteiger partial charge in [-0.1, -0.05) is 53.0 Å². The van der Waals surface area contributed by atoms with Crippen LogP contribution in [-0.2, 0) is 26.2 Å². The van der Waals surface area contributed by atoms with Gasteiger partial charge in [-0.05, 0) is 57.5 Å². The number of hydrogen-bond donors (Lipinski definition) is 1. The molecule has 0 heterocycles. The second-order valence-electron chi connectivity index (χ2n) is 8.89. The van der Waals surface area contributed by atoms with Crippen molar-refractivity contribution in [2.45, 2.75) is 45.8 Å². The van der Waals surface area contributed by atoms with E-state index >= 15 is 0 Å². The van der Waals surface area contributed by atoms with Gasteiger partial charge in [-0.2, -0.15) is 0 Å². The highest BCUT2D eigenvalue weighted by molar-refractivity contribution is 7.92. The number of rotatable bonds is 8. The molecule has 0 fully saturated rings. The van der Waals surface area contributed by atoms with E-state index < -0.39 is 34.1 Å². The van der Waals surface area contributed by atoms with Gasteiger partial charge in [0.05, 0.1) is 17.0 Å². The predicted octanol–water partition coefficient (Wildman–Crippen LogP) is 4.74. The van der Waals surface area contributed by atoms with Crippen LogP contribution in [0.4, 0.5) is 5.69 Å². The minimum atomic E-state index is -3.91. The van der Waals surface area contributed by atoms with E-state index in [4.69, 9.17) is 34.8 Å². The van der Waals surface area contributed by atoms with Crippen molar-refractivity contribution < 1.29 is 18.0 Å². The van der Waals surface area contributed by atoms with Gasteiger partial charge in [0.15, 0.2) is 0 Å². The normalized spacial score (nSPS) is 12.7. The molecular formula is C23H28Cl3N3O4S. The maximum absolute atomic E-state index is 13.5. The molecule has 0 saturated heterocycles. The van der Waals surface area contributed by atoms with Gasteiger partial charge in [0.25, 0.3) is 0 Å². The van der Waals surface area contributed by atoms with Crippen LogP contribution in [0, 0.1) is 0 Å². The summed E-state index contributed by atoms with van der Waals surface area (Å²) in [5, 5.41) is 3.66. The minimum Gasteiger partial charge on any atom is -0.350 e. The van der Waals surface area contributed by atoms with E-state index in [1.807, 2.05) is 20.8 Å². The third-order valence-electron chi connectivity index (χ3n) is 4.82. The van der Waals surface area contributed by atoms with Gasteiger partial charge >= 0.3 is 0 Å². The van der Waals surface area contributed by atoms with Crippen molar-refractivity contribution in [1.29, 1.82) is 0 Å². The highest BCUT2D eigenvalue weighted by atomic mass is 35.5. The lowest BCUT2D eigenvalue weighted by atomic mass is 10.1. The number of halogens is 3. The maximum atomic E-state index is 13.5. The van der Waals surface area contributed by atoms with Gasteiger partial charge in [0.1, 0.15) is 12.6 Å². The molecule has 0 aromatic heterocycles. The smallest absolute Gasteiger partial charge is 0.244 e. The summed E-state index contributed by atoms with van der Waals surface area (Å²) < 4.78 is 26.1. The van der Waals surface area contributed by atoms with Gasteiger partial charge in [0, 0.05) is 22.1 Å². The molecule has 0 saturated carbocycles. The molecule has 0 aliphatic heterocycles. The Balaban J connectivity index is 2.45. The molecule has 2 rings (SSSR count). The van der Waals surface area contributed by atoms with E-state index in [2.05, 4.69) is 5.32 Å². The van der Waals surface area contributed by atoms with E-state index in [1.54, 1.807) is 31.2 Å². The summed E-state index contributed by atoms with van der Waals surface area (Å²) in [5.41, 5.74) is 0.190. The summed E-state index contributed by atoms with van der Waals surface area (Å²) in [6, 6.07) is 10.3. The molecule has 0 spiro atoms. The van der Waals surface area contributed by atoms with E-state index in [0.29, 0.717) is 15.6 Å². The van der Waals surface area contributed by atoms with Crippen LogP contribution >= 0.6 is 34.8 Å². The fourth-order valence-electron chi connectivity index (χ4n) is 3.15. The van der Waals surface area contributed by atoms with Crippen molar-refractivity contribution in [2.24, 2.45) is 0 Å². The molecule has 0 unspecified atom stereocenters. The number of amides is 2. The number of nitrogens with one attached hydrogen (secondary N) is 1. The molecule has 1 N–H and O–H groups in total. The van der Waals surface area contributed by atoms with Gasteiger partial charge in [-0.25, -0.2) is 8.42 Å². The lowest BCUT2D eigenvalue weighted by Gasteiger charge is -2.33. The van der Waals surface area contributed by atoms with Crippen molar-refractivity contribution in [2.75, 3.05) is 17.1 Å². The summed E-state index contributed by atoms with van der Waals surface area (Å²) in [4.78, 5) is 27.7. The Morgan fingerprint density at radius 1 is 1.03 bits per heavy atom. The van der Waals surface area contributed by atoms with Crippen molar-refractivity contribution in [3.8, 4) is 0 Å². The number of benzene rings is 2. The van der Waals surface area contributed by atoms with Crippen LogP contribution in [-0.4, -0.2) is 49.5 Å². The Kier molecular flexibility index (Phi) is 9.27. The van der Waals surface area contributed by atoms with Crippen LogP contribution in [0.5, 0.6) is 0 Å². The first kappa shape index (κ1) is 28.2. The Hall–Kier alpha value is -2.00. The Morgan fingerprint density at radius 2 is 1.65 bits per heavy atom. The third-order valence-corrected chi connectivity index (χ3v) is 6.85. The summed E-state index contributed by atoms with van der Waals surface area (Å²) >= 11 is 18.5. The first-order valence-corrected chi connectivity index (χ1v) is 13.4. The van der Waals surface area contributed by atoms with E-state index in [-0.39, 0.29) is 23.2 Å². The molecule has 0 aliphatic rings. The average molecular weight is 549 g/mol. The van der Waals surface area contributed by atoms with Gasteiger partial charge in [0.2, 0.25) is 21.8 Å². The summed E-state index contributed by atoms with van der Waals surface area (Å²) in [7, 11) is -3.91. The molecule has 0 radical (unpaired) electrons. The number of sulfonamides is 1. The molecule has 2 aromatic carbocycles. The lowest BCUT2D eigenvalue weighted by molar-refractivity contribution is -0.140. The second-order valence-corrected chi connectivity index (χ2v) is 12.1. The largest absolute Gasteiger partial charge is 0.350 e. The Morgan fingerprint density at radius 3 is 2.18 bits per heavy atom. The number of hydrogen-bond acceptors (Lipinski definition) is 4. The Labute approximate surface area is 216 Å². The molecule has 11 heteroatoms. The second kappa shape index (κ2) is 11.2. The van der Waals surface area contributed by atoms with Crippen LogP contribution in [0.25, 0.3) is 0 Å². The van der Waals surface area contributed by atoms with Crippen molar-refractivity contribution in [3.05, 3.63) is 63.1 Å². The molecule has 0 bridgehead atoms. The lowest BCUT2D eigenvalue weighted by Crippen LogP contribution is -2.54. The maximum Gasteiger partial charge on any atom is 0.244 e. The highest BCUT2D eigenvalue weighted by Crippen LogP contribution is 2.30. The molecule has 2 aromatic rings. The Bertz CT molecular complexity index is 1170. The highest BCUT2D eigenvalue weighted by Gasteiger charge is 2.32. The summed E-state index contributed by atoms with van der Waals surface area (Å²) in [6.45, 7) is 6.49. The van der Waals surface area contributed by atoms with Gasteiger partial charge in [-0.3, -0.25) is 13.9 Å². The summed E-state index contributed by atoms with van der Waals surface area (Å²) in [5.74, 6) is -0.990. The predicted molar refractivity (Wildman–Crippen MR) is 138 cm³/mol. The molecule has 0 aliphatic carbocycles. The van der Waals surface area contributed by atoms with Crippen LogP contribution in [0.3, 0.4) is 0 Å². The van der Waals surface area contributed by atoms with E-state index in [9.17, 15) is 18.0 Å². The van der Waals surface area contributed by atoms with Crippen LogP contribution < -0.4 is 9.62 Å². The topological polar surface area (TPSA) is 86.8 Å². The molecule has 34 heavy (non-hydrogen) atoms. The SMILES string of the molecule is C[C@@H](C(=O)NC(C)(C)C)N(Cc1ccccc1Cl)C(=O)CN(c1ccc(Cl)cc1Cl)S(C)(=O)=O. The van der Waals surface area contributed by atoms with E-state index in [1.165, 1.54) is 23.1 Å². The molecule has 186 valence electrons. The number of carbonyl (C=O) groups excluding carboxylic acids is 2. The minimum absolute atomic E-state index is 0.00316. The molecule has 7 nitrogen and oxygen atoms in total. The zero-order valence-corrected chi connectivity index (χ0v) is 22.7. The molecular weight excluding hydrogens is 521 g/mol. The first-order chi connectivity index (χ1) is 15.6. The van der Waals surface area contributed by atoms with Crippen molar-refractivity contribution >= 4 is 62.3 Å². The van der Waals surface area contributed by atoms with Gasteiger partial charge in [-0.15, -0.1) is 0 Å². The van der Waals surface area contributed by atoms with Crippen LogP contribution in [0.15, 0.2) is 42.5 Å². The fraction of sp³-hybridized carbons (Fsp3) is 0.391. The first-order valence-electron chi connectivity index (χ1n) is 10.4.